The van der Waals surface area contributed by atoms with E-state index in [9.17, 15) is 23.6 Å². The number of benzene rings is 2. The summed E-state index contributed by atoms with van der Waals surface area (Å²) in [5, 5.41) is 16.5. The number of fused-ring (bicyclic) bond motifs is 1. The number of aromatic nitrogens is 2. The van der Waals surface area contributed by atoms with Crippen LogP contribution in [0.25, 0.3) is 10.9 Å². The molecule has 0 aliphatic heterocycles. The van der Waals surface area contributed by atoms with Crippen LogP contribution in [0.15, 0.2) is 36.4 Å². The number of nitrogens with one attached hydrogen (secondary N) is 1. The lowest BCUT2D eigenvalue weighted by atomic mass is 10.0. The van der Waals surface area contributed by atoms with E-state index in [0.29, 0.717) is 16.5 Å². The van der Waals surface area contributed by atoms with Gasteiger partial charge in [0.2, 0.25) is 11.8 Å². The van der Waals surface area contributed by atoms with Crippen LogP contribution in [-0.4, -0.2) is 62.4 Å². The largest absolute Gasteiger partial charge is 0.389 e. The molecule has 0 bridgehead atoms. The van der Waals surface area contributed by atoms with E-state index < -0.39 is 18.3 Å². The summed E-state index contributed by atoms with van der Waals surface area (Å²) in [5.74, 6) is -2.04. The summed E-state index contributed by atoms with van der Waals surface area (Å²) in [4.78, 5) is 51.1. The Labute approximate surface area is 217 Å². The van der Waals surface area contributed by atoms with Gasteiger partial charge in [-0.05, 0) is 36.6 Å². The number of halogens is 2. The van der Waals surface area contributed by atoms with Crippen molar-refractivity contribution in [2.24, 2.45) is 0 Å². The Morgan fingerprint density at radius 1 is 1.22 bits per heavy atom. The molecule has 1 aromatic heterocycles. The monoisotopic (exact) mass is 528 g/mol. The summed E-state index contributed by atoms with van der Waals surface area (Å²) in [7, 11) is 0. The van der Waals surface area contributed by atoms with Gasteiger partial charge in [-0.15, -0.1) is 0 Å². The Bertz CT molecular complexity index is 1380. The molecule has 0 saturated heterocycles. The molecule has 0 unspecified atom stereocenters. The first-order valence-electron chi connectivity index (χ1n) is 11.8. The van der Waals surface area contributed by atoms with E-state index >= 15 is 0 Å². The van der Waals surface area contributed by atoms with Crippen LogP contribution in [0.1, 0.15) is 41.4 Å². The second kappa shape index (κ2) is 11.2. The molecule has 2 aromatic carbocycles. The third kappa shape index (κ3) is 6.20. The molecule has 9 nitrogen and oxygen atoms in total. The van der Waals surface area contributed by atoms with Crippen molar-refractivity contribution in [2.45, 2.75) is 45.3 Å². The molecule has 0 atom stereocenters. The highest BCUT2D eigenvalue weighted by Crippen LogP contribution is 2.28. The SMILES string of the molecule is CC(=O)c1nn(CC(=O)N(CC(=O)NCc2cccc(Cl)c2F)C2CC2)c2ccc(CC(=O)CO)cc12. The topological polar surface area (TPSA) is 122 Å². The molecule has 0 radical (unpaired) electrons. The van der Waals surface area contributed by atoms with Crippen molar-refractivity contribution in [1.29, 1.82) is 0 Å². The normalized spacial score (nSPS) is 13.0. The van der Waals surface area contributed by atoms with E-state index in [2.05, 4.69) is 10.4 Å². The number of Topliss-reactive ketones (excluding diaryl/α,β-unsaturated/α-hetero) is 2. The zero-order chi connectivity index (χ0) is 26.7. The quantitative estimate of drug-likeness (QED) is 0.369. The number of amides is 2. The van der Waals surface area contributed by atoms with Crippen molar-refractivity contribution in [2.75, 3.05) is 13.2 Å². The van der Waals surface area contributed by atoms with Gasteiger partial charge in [0.05, 0.1) is 17.1 Å². The van der Waals surface area contributed by atoms with Crippen LogP contribution in [-0.2, 0) is 33.9 Å². The average Bonchev–Trinajstić information content (AvgIpc) is 3.65. The molecule has 0 spiro atoms. The minimum Gasteiger partial charge on any atom is -0.389 e. The van der Waals surface area contributed by atoms with E-state index in [4.69, 9.17) is 16.7 Å². The molecule has 1 heterocycles. The summed E-state index contributed by atoms with van der Waals surface area (Å²) >= 11 is 5.79. The van der Waals surface area contributed by atoms with Gasteiger partial charge in [0.15, 0.2) is 11.6 Å². The maximum absolute atomic E-state index is 14.1. The van der Waals surface area contributed by atoms with Crippen LogP contribution in [0.2, 0.25) is 5.02 Å². The lowest BCUT2D eigenvalue weighted by molar-refractivity contribution is -0.137. The second-order valence-electron chi connectivity index (χ2n) is 9.03. The second-order valence-corrected chi connectivity index (χ2v) is 9.44. The fourth-order valence-corrected chi connectivity index (χ4v) is 4.31. The highest BCUT2D eigenvalue weighted by Gasteiger charge is 2.34. The molecule has 194 valence electrons. The van der Waals surface area contributed by atoms with Gasteiger partial charge in [-0.3, -0.25) is 23.9 Å². The fourth-order valence-electron chi connectivity index (χ4n) is 4.12. The maximum atomic E-state index is 14.1. The predicted molar refractivity (Wildman–Crippen MR) is 134 cm³/mol. The van der Waals surface area contributed by atoms with E-state index in [1.165, 1.54) is 28.6 Å². The molecular formula is C26H26ClFN4O5. The average molecular weight is 529 g/mol. The third-order valence-electron chi connectivity index (χ3n) is 6.14. The van der Waals surface area contributed by atoms with Crippen molar-refractivity contribution >= 4 is 45.9 Å². The van der Waals surface area contributed by atoms with Gasteiger partial charge in [0, 0.05) is 36.9 Å². The molecule has 3 aromatic rings. The number of hydrogen-bond donors (Lipinski definition) is 2. The number of rotatable bonds is 11. The fraction of sp³-hybridized carbons (Fsp3) is 0.346. The molecule has 11 heteroatoms. The number of aliphatic hydroxyl groups excluding tert-OH is 1. The maximum Gasteiger partial charge on any atom is 0.245 e. The Hall–Kier alpha value is -3.63. The van der Waals surface area contributed by atoms with Crippen LogP contribution >= 0.6 is 11.6 Å². The van der Waals surface area contributed by atoms with Crippen LogP contribution in [0.3, 0.4) is 0 Å². The Morgan fingerprint density at radius 3 is 2.65 bits per heavy atom. The molecule has 2 N–H and O–H groups in total. The summed E-state index contributed by atoms with van der Waals surface area (Å²) in [6.45, 7) is 0.334. The highest BCUT2D eigenvalue weighted by atomic mass is 35.5. The molecule has 37 heavy (non-hydrogen) atoms. The standard InChI is InChI=1S/C26H26ClFN4O5/c1-15(34)26-20-10-16(9-19(35)14-33)5-8-22(20)32(30-26)13-24(37)31(18-6-7-18)12-23(36)29-11-17-3-2-4-21(27)25(17)28/h2-5,8,10,18,33H,6-7,9,11-14H2,1H3,(H,29,36). The minimum absolute atomic E-state index is 0.0115. The van der Waals surface area contributed by atoms with Crippen molar-refractivity contribution in [3.8, 4) is 0 Å². The van der Waals surface area contributed by atoms with Crippen molar-refractivity contribution in [3.05, 3.63) is 64.1 Å². The van der Waals surface area contributed by atoms with Crippen LogP contribution in [0.4, 0.5) is 4.39 Å². The Kier molecular flexibility index (Phi) is 7.99. The van der Waals surface area contributed by atoms with Crippen LogP contribution < -0.4 is 5.32 Å². The summed E-state index contributed by atoms with van der Waals surface area (Å²) in [6, 6.07) is 9.47. The predicted octanol–water partition coefficient (Wildman–Crippen LogP) is 2.44. The summed E-state index contributed by atoms with van der Waals surface area (Å²) < 4.78 is 15.5. The van der Waals surface area contributed by atoms with Gasteiger partial charge >= 0.3 is 0 Å². The zero-order valence-electron chi connectivity index (χ0n) is 20.2. The summed E-state index contributed by atoms with van der Waals surface area (Å²) in [5.41, 5.74) is 1.56. The lowest BCUT2D eigenvalue weighted by Crippen LogP contribution is -2.43. The Morgan fingerprint density at radius 2 is 1.97 bits per heavy atom. The zero-order valence-corrected chi connectivity index (χ0v) is 20.9. The van der Waals surface area contributed by atoms with Gasteiger partial charge in [0.25, 0.3) is 0 Å². The first kappa shape index (κ1) is 26.4. The van der Waals surface area contributed by atoms with E-state index in [1.807, 2.05) is 0 Å². The van der Waals surface area contributed by atoms with Gasteiger partial charge in [-0.2, -0.15) is 5.10 Å². The van der Waals surface area contributed by atoms with Gasteiger partial charge in [-0.1, -0.05) is 29.8 Å². The van der Waals surface area contributed by atoms with Crippen LogP contribution in [0.5, 0.6) is 0 Å². The molecule has 4 rings (SSSR count). The first-order valence-corrected chi connectivity index (χ1v) is 12.2. The van der Waals surface area contributed by atoms with Crippen molar-refractivity contribution < 1.29 is 28.7 Å². The Balaban J connectivity index is 1.48. The number of nitrogens with zero attached hydrogens (tertiary/aromatic N) is 3. The van der Waals surface area contributed by atoms with E-state index in [1.54, 1.807) is 24.3 Å². The van der Waals surface area contributed by atoms with Crippen molar-refractivity contribution in [1.82, 2.24) is 20.0 Å². The molecule has 1 fully saturated rings. The molecule has 1 saturated carbocycles. The first-order chi connectivity index (χ1) is 17.7. The lowest BCUT2D eigenvalue weighted by Gasteiger charge is -2.22. The molecular weight excluding hydrogens is 503 g/mol. The van der Waals surface area contributed by atoms with E-state index in [0.717, 1.165) is 12.8 Å². The number of carbonyl (C=O) groups excluding carboxylic acids is 4. The highest BCUT2D eigenvalue weighted by molar-refractivity contribution is 6.30. The van der Waals surface area contributed by atoms with Gasteiger partial charge in [-0.25, -0.2) is 4.39 Å². The molecule has 2 amide bonds. The molecule has 1 aliphatic rings. The number of carbonyl (C=O) groups is 4. The summed E-state index contributed by atoms with van der Waals surface area (Å²) in [6.07, 6.45) is 1.54. The van der Waals surface area contributed by atoms with Crippen molar-refractivity contribution in [3.63, 3.8) is 0 Å². The van der Waals surface area contributed by atoms with Crippen LogP contribution in [0, 0.1) is 5.82 Å². The number of ketones is 2. The number of aliphatic hydroxyl groups is 1. The smallest absolute Gasteiger partial charge is 0.245 e. The third-order valence-corrected chi connectivity index (χ3v) is 6.43. The van der Waals surface area contributed by atoms with Gasteiger partial charge < -0.3 is 15.3 Å². The number of hydrogen-bond acceptors (Lipinski definition) is 6. The molecule has 1 aliphatic carbocycles. The van der Waals surface area contributed by atoms with E-state index in [-0.39, 0.29) is 65.9 Å². The minimum atomic E-state index is -0.602. The van der Waals surface area contributed by atoms with Gasteiger partial charge in [0.1, 0.15) is 24.7 Å².